The maximum absolute atomic E-state index is 6.25. The SMILES string of the molecule is CCc1nn(C)c(CNCc2ncc(C)o2)c1Cl. The molecule has 2 rings (SSSR count). The fourth-order valence-corrected chi connectivity index (χ4v) is 2.14. The van der Waals surface area contributed by atoms with Crippen molar-refractivity contribution in [1.82, 2.24) is 20.1 Å². The lowest BCUT2D eigenvalue weighted by atomic mass is 10.3. The lowest BCUT2D eigenvalue weighted by Crippen LogP contribution is -2.15. The van der Waals surface area contributed by atoms with Gasteiger partial charge in [-0.15, -0.1) is 0 Å². The van der Waals surface area contributed by atoms with Gasteiger partial charge in [-0.2, -0.15) is 5.10 Å². The van der Waals surface area contributed by atoms with Gasteiger partial charge in [0.2, 0.25) is 5.89 Å². The minimum atomic E-state index is 0.580. The third-order valence-corrected chi connectivity index (χ3v) is 3.18. The van der Waals surface area contributed by atoms with E-state index in [9.17, 15) is 0 Å². The van der Waals surface area contributed by atoms with E-state index in [4.69, 9.17) is 16.0 Å². The van der Waals surface area contributed by atoms with Crippen LogP contribution in [0.25, 0.3) is 0 Å². The zero-order chi connectivity index (χ0) is 13.1. The second-order valence-electron chi connectivity index (χ2n) is 4.15. The van der Waals surface area contributed by atoms with Crippen molar-refractivity contribution in [3.8, 4) is 0 Å². The first-order valence-corrected chi connectivity index (χ1v) is 6.31. The van der Waals surface area contributed by atoms with E-state index in [0.29, 0.717) is 19.0 Å². The van der Waals surface area contributed by atoms with Crippen molar-refractivity contribution in [2.45, 2.75) is 33.4 Å². The molecular weight excluding hydrogens is 252 g/mol. The Hall–Kier alpha value is -1.33. The topological polar surface area (TPSA) is 55.9 Å². The normalized spacial score (nSPS) is 11.1. The molecule has 18 heavy (non-hydrogen) atoms. The predicted octanol–water partition coefficient (Wildman–Crippen LogP) is 2.22. The Morgan fingerprint density at radius 3 is 2.78 bits per heavy atom. The maximum Gasteiger partial charge on any atom is 0.208 e. The molecule has 2 heterocycles. The number of hydrogen-bond acceptors (Lipinski definition) is 4. The monoisotopic (exact) mass is 268 g/mol. The first kappa shape index (κ1) is 13.1. The molecule has 0 atom stereocenters. The highest BCUT2D eigenvalue weighted by molar-refractivity contribution is 6.31. The molecular formula is C12H17ClN4O. The summed E-state index contributed by atoms with van der Waals surface area (Å²) in [6, 6.07) is 0. The molecule has 0 radical (unpaired) electrons. The number of oxazole rings is 1. The summed E-state index contributed by atoms with van der Waals surface area (Å²) in [4.78, 5) is 4.13. The number of hydrogen-bond donors (Lipinski definition) is 1. The predicted molar refractivity (Wildman–Crippen MR) is 69.4 cm³/mol. The van der Waals surface area contributed by atoms with Crippen LogP contribution in [0.1, 0.15) is 30.0 Å². The van der Waals surface area contributed by atoms with Gasteiger partial charge in [-0.25, -0.2) is 4.98 Å². The number of nitrogens with zero attached hydrogens (tertiary/aromatic N) is 3. The van der Waals surface area contributed by atoms with Crippen LogP contribution in [0.3, 0.4) is 0 Å². The molecule has 0 aliphatic heterocycles. The van der Waals surface area contributed by atoms with Crippen molar-refractivity contribution in [3.05, 3.63) is 34.3 Å². The Labute approximate surface area is 111 Å². The summed E-state index contributed by atoms with van der Waals surface area (Å²) in [6.07, 6.45) is 2.55. The van der Waals surface area contributed by atoms with E-state index < -0.39 is 0 Å². The van der Waals surface area contributed by atoms with Gasteiger partial charge in [0.05, 0.1) is 29.2 Å². The highest BCUT2D eigenvalue weighted by atomic mass is 35.5. The second kappa shape index (κ2) is 5.54. The molecule has 0 aliphatic carbocycles. The summed E-state index contributed by atoms with van der Waals surface area (Å²) < 4.78 is 7.19. The van der Waals surface area contributed by atoms with Gasteiger partial charge in [0, 0.05) is 13.6 Å². The highest BCUT2D eigenvalue weighted by Crippen LogP contribution is 2.20. The molecule has 2 aromatic heterocycles. The summed E-state index contributed by atoms with van der Waals surface area (Å²) in [6.45, 7) is 5.14. The molecule has 0 aliphatic rings. The molecule has 0 fully saturated rings. The molecule has 0 aromatic carbocycles. The largest absolute Gasteiger partial charge is 0.445 e. The zero-order valence-electron chi connectivity index (χ0n) is 10.8. The van der Waals surface area contributed by atoms with Crippen LogP contribution in [0, 0.1) is 6.92 Å². The lowest BCUT2D eigenvalue weighted by molar-refractivity contribution is 0.446. The Bertz CT molecular complexity index is 532. The van der Waals surface area contributed by atoms with Crippen LogP contribution < -0.4 is 5.32 Å². The minimum absolute atomic E-state index is 0.580. The van der Waals surface area contributed by atoms with Crippen molar-refractivity contribution in [2.24, 2.45) is 7.05 Å². The molecule has 0 saturated carbocycles. The van der Waals surface area contributed by atoms with Gasteiger partial charge in [0.25, 0.3) is 0 Å². The summed E-state index contributed by atoms with van der Waals surface area (Å²) in [5.41, 5.74) is 1.92. The summed E-state index contributed by atoms with van der Waals surface area (Å²) in [5, 5.41) is 8.36. The number of halogens is 1. The first-order valence-electron chi connectivity index (χ1n) is 5.94. The molecule has 98 valence electrons. The Morgan fingerprint density at radius 2 is 2.22 bits per heavy atom. The van der Waals surface area contributed by atoms with Gasteiger partial charge < -0.3 is 9.73 Å². The van der Waals surface area contributed by atoms with Crippen molar-refractivity contribution < 1.29 is 4.42 Å². The zero-order valence-corrected chi connectivity index (χ0v) is 11.6. The number of aryl methyl sites for hydroxylation is 3. The van der Waals surface area contributed by atoms with Crippen molar-refractivity contribution in [1.29, 1.82) is 0 Å². The fraction of sp³-hybridized carbons (Fsp3) is 0.500. The van der Waals surface area contributed by atoms with Gasteiger partial charge in [-0.05, 0) is 13.3 Å². The number of nitrogens with one attached hydrogen (secondary N) is 1. The average molecular weight is 269 g/mol. The van der Waals surface area contributed by atoms with E-state index in [0.717, 1.165) is 28.6 Å². The van der Waals surface area contributed by atoms with Crippen LogP contribution in [-0.2, 0) is 26.6 Å². The maximum atomic E-state index is 6.25. The van der Waals surface area contributed by atoms with E-state index in [-0.39, 0.29) is 0 Å². The van der Waals surface area contributed by atoms with Gasteiger partial charge >= 0.3 is 0 Å². The van der Waals surface area contributed by atoms with Crippen LogP contribution in [0.4, 0.5) is 0 Å². The average Bonchev–Trinajstić information content (AvgIpc) is 2.86. The minimum Gasteiger partial charge on any atom is -0.445 e. The first-order chi connectivity index (χ1) is 8.61. The molecule has 0 bridgehead atoms. The van der Waals surface area contributed by atoms with E-state index in [1.54, 1.807) is 6.20 Å². The van der Waals surface area contributed by atoms with Crippen LogP contribution in [-0.4, -0.2) is 14.8 Å². The van der Waals surface area contributed by atoms with E-state index >= 15 is 0 Å². The molecule has 5 nitrogen and oxygen atoms in total. The van der Waals surface area contributed by atoms with Crippen molar-refractivity contribution in [2.75, 3.05) is 0 Å². The van der Waals surface area contributed by atoms with Gasteiger partial charge in [0.1, 0.15) is 5.76 Å². The van der Waals surface area contributed by atoms with Crippen LogP contribution in [0.2, 0.25) is 5.02 Å². The smallest absolute Gasteiger partial charge is 0.208 e. The molecule has 1 N–H and O–H groups in total. The van der Waals surface area contributed by atoms with Crippen LogP contribution in [0.15, 0.2) is 10.6 Å². The number of rotatable bonds is 5. The third-order valence-electron chi connectivity index (χ3n) is 2.74. The van der Waals surface area contributed by atoms with Gasteiger partial charge in [-0.3, -0.25) is 4.68 Å². The highest BCUT2D eigenvalue weighted by Gasteiger charge is 2.12. The Kier molecular flexibility index (Phi) is 4.04. The summed E-state index contributed by atoms with van der Waals surface area (Å²) in [5.74, 6) is 1.50. The van der Waals surface area contributed by atoms with Crippen LogP contribution in [0.5, 0.6) is 0 Å². The Morgan fingerprint density at radius 1 is 1.44 bits per heavy atom. The van der Waals surface area contributed by atoms with Crippen LogP contribution >= 0.6 is 11.6 Å². The molecule has 0 saturated heterocycles. The molecule has 0 unspecified atom stereocenters. The fourth-order valence-electron chi connectivity index (χ4n) is 1.78. The second-order valence-corrected chi connectivity index (χ2v) is 4.53. The quantitative estimate of drug-likeness (QED) is 0.903. The molecule has 0 amide bonds. The summed E-state index contributed by atoms with van der Waals surface area (Å²) >= 11 is 6.25. The van der Waals surface area contributed by atoms with E-state index in [1.807, 2.05) is 25.6 Å². The Balaban J connectivity index is 1.96. The molecule has 2 aromatic rings. The van der Waals surface area contributed by atoms with Crippen molar-refractivity contribution >= 4 is 11.6 Å². The lowest BCUT2D eigenvalue weighted by Gasteiger charge is -2.03. The summed E-state index contributed by atoms with van der Waals surface area (Å²) in [7, 11) is 1.90. The molecule has 0 spiro atoms. The van der Waals surface area contributed by atoms with Crippen molar-refractivity contribution in [3.63, 3.8) is 0 Å². The van der Waals surface area contributed by atoms with E-state index in [2.05, 4.69) is 15.4 Å². The molecule has 6 heteroatoms. The standard InChI is InChI=1S/C12H17ClN4O/c1-4-9-12(13)10(17(3)16-9)6-14-7-11-15-5-8(2)18-11/h5,14H,4,6-7H2,1-3H3. The van der Waals surface area contributed by atoms with E-state index in [1.165, 1.54) is 0 Å². The van der Waals surface area contributed by atoms with Gasteiger partial charge in [-0.1, -0.05) is 18.5 Å². The third kappa shape index (κ3) is 2.73. The van der Waals surface area contributed by atoms with Gasteiger partial charge in [0.15, 0.2) is 0 Å². The number of aromatic nitrogens is 3.